The number of hydrogen-bond acceptors (Lipinski definition) is 4. The Hall–Kier alpha value is -2.93. The number of anilines is 2. The Kier molecular flexibility index (Phi) is 6.98. The van der Waals surface area contributed by atoms with Crippen LogP contribution in [0.3, 0.4) is 0 Å². The van der Waals surface area contributed by atoms with E-state index in [4.69, 9.17) is 44.3 Å². The average molecular weight is 506 g/mol. The smallest absolute Gasteiger partial charge is 0.265 e. The lowest BCUT2D eigenvalue weighted by Crippen LogP contribution is -2.38. The molecule has 0 radical (unpaired) electrons. The molecule has 3 aromatic rings. The fourth-order valence-electron chi connectivity index (χ4n) is 3.28. The predicted octanol–water partition coefficient (Wildman–Crippen LogP) is 5.98. The van der Waals surface area contributed by atoms with Gasteiger partial charge in [-0.3, -0.25) is 9.59 Å². The zero-order valence-corrected chi connectivity index (χ0v) is 19.7. The van der Waals surface area contributed by atoms with E-state index in [0.717, 1.165) is 5.56 Å². The molecule has 33 heavy (non-hydrogen) atoms. The molecule has 0 fully saturated rings. The zero-order chi connectivity index (χ0) is 23.5. The number of hydrogen-bond donors (Lipinski definition) is 1. The Morgan fingerprint density at radius 3 is 2.52 bits per heavy atom. The van der Waals surface area contributed by atoms with Crippen LogP contribution in [0.15, 0.2) is 60.7 Å². The van der Waals surface area contributed by atoms with Crippen molar-refractivity contribution in [2.75, 3.05) is 16.8 Å². The van der Waals surface area contributed by atoms with E-state index in [2.05, 4.69) is 5.32 Å². The summed E-state index contributed by atoms with van der Waals surface area (Å²) in [5.74, 6) is 0.337. The van der Waals surface area contributed by atoms with E-state index in [0.29, 0.717) is 44.5 Å². The van der Waals surface area contributed by atoms with Gasteiger partial charge in [0, 0.05) is 15.7 Å². The van der Waals surface area contributed by atoms with Gasteiger partial charge in [0.05, 0.1) is 17.3 Å². The summed E-state index contributed by atoms with van der Waals surface area (Å²) in [7, 11) is 0. The average Bonchev–Trinajstić information content (AvgIpc) is 2.79. The third-order valence-corrected chi connectivity index (χ3v) is 5.77. The molecule has 2 amide bonds. The quantitative estimate of drug-likeness (QED) is 0.448. The first-order valence-corrected chi connectivity index (χ1v) is 11.2. The van der Waals surface area contributed by atoms with Crippen LogP contribution in [0.25, 0.3) is 0 Å². The minimum atomic E-state index is -0.831. The van der Waals surface area contributed by atoms with Crippen LogP contribution < -0.4 is 19.7 Å². The number of rotatable bonds is 6. The zero-order valence-electron chi connectivity index (χ0n) is 17.5. The molecular weight excluding hydrogens is 487 g/mol. The summed E-state index contributed by atoms with van der Waals surface area (Å²) in [6, 6.07) is 17.1. The number of benzene rings is 3. The molecule has 0 bridgehead atoms. The Morgan fingerprint density at radius 1 is 1.06 bits per heavy atom. The summed E-state index contributed by atoms with van der Waals surface area (Å²) >= 11 is 18.0. The molecule has 0 saturated heterocycles. The normalized spacial score (nSPS) is 13.7. The van der Waals surface area contributed by atoms with Crippen LogP contribution in [-0.2, 0) is 16.1 Å². The molecule has 1 aliphatic rings. The number of halogens is 3. The number of amides is 2. The summed E-state index contributed by atoms with van der Waals surface area (Å²) in [5, 5.41) is 4.21. The Morgan fingerprint density at radius 2 is 1.79 bits per heavy atom. The van der Waals surface area contributed by atoms with E-state index >= 15 is 0 Å². The molecule has 3 aromatic carbocycles. The highest BCUT2D eigenvalue weighted by molar-refractivity contribution is 6.35. The van der Waals surface area contributed by atoms with Crippen LogP contribution in [0.4, 0.5) is 11.4 Å². The summed E-state index contributed by atoms with van der Waals surface area (Å²) in [6.07, 6.45) is -0.831. The number of carbonyl (C=O) groups is 2. The molecule has 170 valence electrons. The lowest BCUT2D eigenvalue weighted by molar-refractivity contribution is -0.122. The third-order valence-electron chi connectivity index (χ3n) is 4.99. The number of nitrogens with one attached hydrogen (secondary N) is 1. The van der Waals surface area contributed by atoms with Crippen molar-refractivity contribution in [3.8, 4) is 11.5 Å². The number of carbonyl (C=O) groups excluding carboxylic acids is 2. The summed E-state index contributed by atoms with van der Waals surface area (Å²) in [4.78, 5) is 26.9. The second-order valence-corrected chi connectivity index (χ2v) is 8.68. The van der Waals surface area contributed by atoms with Gasteiger partial charge in [-0.15, -0.1) is 0 Å². The molecule has 0 saturated carbocycles. The predicted molar refractivity (Wildman–Crippen MR) is 130 cm³/mol. The van der Waals surface area contributed by atoms with Crippen molar-refractivity contribution in [2.45, 2.75) is 19.6 Å². The maximum Gasteiger partial charge on any atom is 0.265 e. The molecule has 0 spiro atoms. The second-order valence-electron chi connectivity index (χ2n) is 7.40. The van der Waals surface area contributed by atoms with Gasteiger partial charge in [-0.2, -0.15) is 0 Å². The Bertz CT molecular complexity index is 1200. The first-order chi connectivity index (χ1) is 15.8. The van der Waals surface area contributed by atoms with Crippen LogP contribution in [0.1, 0.15) is 12.5 Å². The second kappa shape index (κ2) is 9.91. The minimum absolute atomic E-state index is 0.0565. The molecule has 0 aliphatic carbocycles. The van der Waals surface area contributed by atoms with Gasteiger partial charge in [0.1, 0.15) is 11.5 Å². The maximum atomic E-state index is 12.7. The number of fused-ring (bicyclic) bond motifs is 1. The van der Waals surface area contributed by atoms with Gasteiger partial charge in [0.25, 0.3) is 11.8 Å². The third kappa shape index (κ3) is 5.53. The van der Waals surface area contributed by atoms with Crippen molar-refractivity contribution >= 4 is 58.0 Å². The van der Waals surface area contributed by atoms with Gasteiger partial charge in [-0.25, -0.2) is 0 Å². The monoisotopic (exact) mass is 504 g/mol. The van der Waals surface area contributed by atoms with Gasteiger partial charge in [-0.1, -0.05) is 46.9 Å². The molecule has 6 nitrogen and oxygen atoms in total. The Labute approximate surface area is 205 Å². The highest BCUT2D eigenvalue weighted by Crippen LogP contribution is 2.36. The van der Waals surface area contributed by atoms with Gasteiger partial charge >= 0.3 is 0 Å². The molecule has 4 rings (SSSR count). The molecule has 1 N–H and O–H groups in total. The Balaban J connectivity index is 1.50. The summed E-state index contributed by atoms with van der Waals surface area (Å²) < 4.78 is 11.2. The van der Waals surface area contributed by atoms with Crippen molar-refractivity contribution in [3.63, 3.8) is 0 Å². The molecule has 0 aromatic heterocycles. The largest absolute Gasteiger partial charge is 0.482 e. The molecule has 1 atom stereocenters. The van der Waals surface area contributed by atoms with Gasteiger partial charge < -0.3 is 19.7 Å². The first kappa shape index (κ1) is 23.2. The van der Waals surface area contributed by atoms with Gasteiger partial charge in [-0.05, 0) is 61.0 Å². The standard InChI is InChI=1S/C24H19Cl3N2O4/c1-14(33-21-8-6-17(26)10-19(21)27)24(31)28-18-7-9-22-20(11-18)29(23(30)13-32-22)12-15-2-4-16(25)5-3-15/h2-11,14H,12-13H2,1H3,(H,28,31). The van der Waals surface area contributed by atoms with Gasteiger partial charge in [0.2, 0.25) is 0 Å². The number of ether oxygens (including phenoxy) is 2. The van der Waals surface area contributed by atoms with E-state index < -0.39 is 6.10 Å². The van der Waals surface area contributed by atoms with E-state index in [9.17, 15) is 9.59 Å². The lowest BCUT2D eigenvalue weighted by Gasteiger charge is -2.30. The van der Waals surface area contributed by atoms with E-state index in [1.807, 2.05) is 12.1 Å². The molecule has 1 heterocycles. The molecular formula is C24H19Cl3N2O4. The van der Waals surface area contributed by atoms with E-state index in [-0.39, 0.29) is 18.4 Å². The van der Waals surface area contributed by atoms with Crippen molar-refractivity contribution < 1.29 is 19.1 Å². The fourth-order valence-corrected chi connectivity index (χ4v) is 3.86. The van der Waals surface area contributed by atoms with E-state index in [1.54, 1.807) is 60.4 Å². The minimum Gasteiger partial charge on any atom is -0.482 e. The summed E-state index contributed by atoms with van der Waals surface area (Å²) in [5.41, 5.74) is 1.97. The molecule has 9 heteroatoms. The van der Waals surface area contributed by atoms with Crippen LogP contribution in [-0.4, -0.2) is 24.5 Å². The van der Waals surface area contributed by atoms with Crippen molar-refractivity contribution in [3.05, 3.63) is 81.3 Å². The van der Waals surface area contributed by atoms with Crippen LogP contribution >= 0.6 is 34.8 Å². The van der Waals surface area contributed by atoms with Crippen molar-refractivity contribution in [1.29, 1.82) is 0 Å². The maximum absolute atomic E-state index is 12.7. The fraction of sp³-hybridized carbons (Fsp3) is 0.167. The lowest BCUT2D eigenvalue weighted by atomic mass is 10.1. The van der Waals surface area contributed by atoms with E-state index in [1.165, 1.54) is 0 Å². The molecule has 1 aliphatic heterocycles. The van der Waals surface area contributed by atoms with Crippen LogP contribution in [0.5, 0.6) is 11.5 Å². The highest BCUT2D eigenvalue weighted by atomic mass is 35.5. The van der Waals surface area contributed by atoms with Crippen molar-refractivity contribution in [1.82, 2.24) is 0 Å². The SMILES string of the molecule is CC(Oc1ccc(Cl)cc1Cl)C(=O)Nc1ccc2c(c1)N(Cc1ccc(Cl)cc1)C(=O)CO2. The summed E-state index contributed by atoms with van der Waals surface area (Å²) in [6.45, 7) is 1.90. The van der Waals surface area contributed by atoms with Crippen LogP contribution in [0, 0.1) is 0 Å². The van der Waals surface area contributed by atoms with Gasteiger partial charge in [0.15, 0.2) is 12.7 Å². The van der Waals surface area contributed by atoms with Crippen LogP contribution in [0.2, 0.25) is 15.1 Å². The first-order valence-electron chi connectivity index (χ1n) is 10.0. The molecule has 1 unspecified atom stereocenters. The topological polar surface area (TPSA) is 67.9 Å². The van der Waals surface area contributed by atoms with Crippen molar-refractivity contribution in [2.24, 2.45) is 0 Å². The highest BCUT2D eigenvalue weighted by Gasteiger charge is 2.26. The number of nitrogens with zero attached hydrogens (tertiary/aromatic N) is 1.